The van der Waals surface area contributed by atoms with Gasteiger partial charge in [0.2, 0.25) is 0 Å². The highest BCUT2D eigenvalue weighted by Gasteiger charge is 2.35. The van der Waals surface area contributed by atoms with Crippen LogP contribution in [0, 0.1) is 11.8 Å². The van der Waals surface area contributed by atoms with Crippen LogP contribution in [0.4, 0.5) is 5.69 Å². The van der Waals surface area contributed by atoms with E-state index in [9.17, 15) is 0 Å². The summed E-state index contributed by atoms with van der Waals surface area (Å²) < 4.78 is 0. The molecule has 0 amide bonds. The van der Waals surface area contributed by atoms with Crippen LogP contribution in [0.15, 0.2) is 36.4 Å². The zero-order valence-electron chi connectivity index (χ0n) is 11.8. The molecule has 0 spiro atoms. The summed E-state index contributed by atoms with van der Waals surface area (Å²) in [5, 5.41) is 7.92. The lowest BCUT2D eigenvalue weighted by Crippen LogP contribution is -2.51. The van der Waals surface area contributed by atoms with Crippen molar-refractivity contribution in [2.75, 3.05) is 5.32 Å². The van der Waals surface area contributed by atoms with Gasteiger partial charge >= 0.3 is 0 Å². The average Bonchev–Trinajstić information content (AvgIpc) is 3.10. The first kappa shape index (κ1) is 15.5. The number of hydrazine groups is 1. The van der Waals surface area contributed by atoms with Crippen molar-refractivity contribution in [3.8, 4) is 0 Å². The molecule has 3 atom stereocenters. The minimum Gasteiger partial charge on any atom is -0.358 e. The number of rotatable bonds is 2. The molecule has 2 aliphatic carbocycles. The molecular weight excluding hydrogens is 336 g/mol. The van der Waals surface area contributed by atoms with E-state index in [0.29, 0.717) is 33.1 Å². The second kappa shape index (κ2) is 6.81. The predicted molar refractivity (Wildman–Crippen MR) is 98.8 cm³/mol. The number of thiocarbonyl (C=S) groups is 2. The van der Waals surface area contributed by atoms with Gasteiger partial charge in [-0.1, -0.05) is 35.9 Å². The van der Waals surface area contributed by atoms with Gasteiger partial charge in [0.15, 0.2) is 10.2 Å². The Bertz CT molecular complexity index is 619. The summed E-state index contributed by atoms with van der Waals surface area (Å²) in [4.78, 5) is 0. The van der Waals surface area contributed by atoms with Crippen molar-refractivity contribution < 1.29 is 0 Å². The van der Waals surface area contributed by atoms with E-state index in [-0.39, 0.29) is 0 Å². The highest BCUT2D eigenvalue weighted by atomic mass is 35.5. The van der Waals surface area contributed by atoms with Gasteiger partial charge in [0.05, 0.1) is 10.7 Å². The lowest BCUT2D eigenvalue weighted by Gasteiger charge is -2.22. The van der Waals surface area contributed by atoms with Crippen LogP contribution in [0.1, 0.15) is 12.8 Å². The number of anilines is 1. The number of hydrogen-bond donors (Lipinski definition) is 4. The van der Waals surface area contributed by atoms with Crippen molar-refractivity contribution in [2.24, 2.45) is 11.8 Å². The number of hydrogen-bond acceptors (Lipinski definition) is 2. The van der Waals surface area contributed by atoms with Gasteiger partial charge in [-0.3, -0.25) is 10.9 Å². The van der Waals surface area contributed by atoms with Crippen molar-refractivity contribution in [3.05, 3.63) is 41.4 Å². The first-order chi connectivity index (χ1) is 10.6. The number of benzene rings is 1. The van der Waals surface area contributed by atoms with Crippen LogP contribution in [-0.4, -0.2) is 16.3 Å². The highest BCUT2D eigenvalue weighted by Crippen LogP contribution is 2.38. The second-order valence-electron chi connectivity index (χ2n) is 5.54. The lowest BCUT2D eigenvalue weighted by atomic mass is 10.0. The molecule has 4 nitrogen and oxygen atoms in total. The Hall–Kier alpha value is -1.37. The van der Waals surface area contributed by atoms with Gasteiger partial charge in [0.25, 0.3) is 0 Å². The van der Waals surface area contributed by atoms with Crippen LogP contribution in [-0.2, 0) is 0 Å². The molecule has 4 N–H and O–H groups in total. The first-order valence-corrected chi connectivity index (χ1v) is 8.37. The van der Waals surface area contributed by atoms with Gasteiger partial charge in [0.1, 0.15) is 0 Å². The maximum atomic E-state index is 6.07. The summed E-state index contributed by atoms with van der Waals surface area (Å²) >= 11 is 16.6. The third-order valence-corrected chi connectivity index (χ3v) is 4.76. The molecule has 1 fully saturated rings. The van der Waals surface area contributed by atoms with Crippen LogP contribution >= 0.6 is 36.0 Å². The summed E-state index contributed by atoms with van der Waals surface area (Å²) in [5.41, 5.74) is 6.52. The van der Waals surface area contributed by atoms with Gasteiger partial charge in [0, 0.05) is 6.04 Å². The van der Waals surface area contributed by atoms with Crippen molar-refractivity contribution in [2.45, 2.75) is 18.9 Å². The Morgan fingerprint density at radius 2 is 1.82 bits per heavy atom. The molecule has 0 saturated heterocycles. The minimum atomic E-state index is 0.407. The van der Waals surface area contributed by atoms with E-state index in [1.165, 1.54) is 6.42 Å². The van der Waals surface area contributed by atoms with Gasteiger partial charge in [-0.15, -0.1) is 0 Å². The average molecular weight is 353 g/mol. The summed E-state index contributed by atoms with van der Waals surface area (Å²) in [6.45, 7) is 0. The molecule has 2 aliphatic rings. The van der Waals surface area contributed by atoms with Crippen LogP contribution < -0.4 is 21.5 Å². The zero-order chi connectivity index (χ0) is 15.5. The molecular formula is C15H17ClN4S2. The van der Waals surface area contributed by atoms with E-state index in [0.717, 1.165) is 12.1 Å². The molecule has 0 aliphatic heterocycles. The summed E-state index contributed by atoms with van der Waals surface area (Å²) in [6, 6.07) is 7.83. The Morgan fingerprint density at radius 3 is 2.50 bits per heavy atom. The van der Waals surface area contributed by atoms with E-state index in [4.69, 9.17) is 36.0 Å². The smallest absolute Gasteiger partial charge is 0.189 e. The minimum absolute atomic E-state index is 0.407. The fraction of sp³-hybridized carbons (Fsp3) is 0.333. The second-order valence-corrected chi connectivity index (χ2v) is 6.77. The Labute approximate surface area is 145 Å². The molecule has 1 saturated carbocycles. The van der Waals surface area contributed by atoms with Crippen molar-refractivity contribution in [1.29, 1.82) is 0 Å². The van der Waals surface area contributed by atoms with Gasteiger partial charge in [-0.05, 0) is 61.2 Å². The first-order valence-electron chi connectivity index (χ1n) is 7.18. The molecule has 1 aromatic carbocycles. The number of nitrogens with one attached hydrogen (secondary N) is 4. The number of fused-ring (bicyclic) bond motifs is 2. The van der Waals surface area contributed by atoms with E-state index >= 15 is 0 Å². The molecule has 116 valence electrons. The Balaban J connectivity index is 1.42. The Morgan fingerprint density at radius 1 is 1.05 bits per heavy atom. The quantitative estimate of drug-likeness (QED) is 0.373. The van der Waals surface area contributed by atoms with Crippen molar-refractivity contribution in [1.82, 2.24) is 16.2 Å². The number of para-hydroxylation sites is 1. The van der Waals surface area contributed by atoms with Crippen LogP contribution in [0.5, 0.6) is 0 Å². The molecule has 0 aromatic heterocycles. The number of halogens is 1. The number of allylic oxidation sites excluding steroid dienone is 1. The van der Waals surface area contributed by atoms with E-state index in [2.05, 4.69) is 33.6 Å². The SMILES string of the molecule is S=C(NNC(=S)NC1CC2C=CC1C2)Nc1ccccc1Cl. The third kappa shape index (κ3) is 3.69. The van der Waals surface area contributed by atoms with Gasteiger partial charge < -0.3 is 10.6 Å². The largest absolute Gasteiger partial charge is 0.358 e. The summed E-state index contributed by atoms with van der Waals surface area (Å²) in [7, 11) is 0. The van der Waals surface area contributed by atoms with E-state index < -0.39 is 0 Å². The molecule has 3 rings (SSSR count). The molecule has 22 heavy (non-hydrogen) atoms. The standard InChI is InChI=1S/C15H17ClN4S2/c16-11-3-1-2-4-12(11)17-14(21)19-20-15(22)18-13-8-9-5-6-10(13)7-9/h1-6,9-10,13H,7-8H2,(H2,17,19,21)(H2,18,20,22). The topological polar surface area (TPSA) is 48.1 Å². The monoisotopic (exact) mass is 352 g/mol. The summed E-state index contributed by atoms with van der Waals surface area (Å²) in [5.74, 6) is 1.30. The molecule has 0 heterocycles. The highest BCUT2D eigenvalue weighted by molar-refractivity contribution is 7.80. The fourth-order valence-corrected chi connectivity index (χ4v) is 3.53. The fourth-order valence-electron chi connectivity index (χ4n) is 2.98. The summed E-state index contributed by atoms with van der Waals surface area (Å²) in [6.07, 6.45) is 6.97. The normalized spacial score (nSPS) is 24.9. The van der Waals surface area contributed by atoms with Crippen molar-refractivity contribution >= 4 is 51.9 Å². The van der Waals surface area contributed by atoms with Crippen LogP contribution in [0.2, 0.25) is 5.02 Å². The predicted octanol–water partition coefficient (Wildman–Crippen LogP) is 2.97. The maximum absolute atomic E-state index is 6.07. The molecule has 0 radical (unpaired) electrons. The molecule has 1 aromatic rings. The van der Waals surface area contributed by atoms with Crippen LogP contribution in [0.25, 0.3) is 0 Å². The lowest BCUT2D eigenvalue weighted by molar-refractivity contribution is 0.518. The Kier molecular flexibility index (Phi) is 4.81. The van der Waals surface area contributed by atoms with E-state index in [1.807, 2.05) is 18.2 Å². The zero-order valence-corrected chi connectivity index (χ0v) is 14.2. The van der Waals surface area contributed by atoms with Crippen LogP contribution in [0.3, 0.4) is 0 Å². The maximum Gasteiger partial charge on any atom is 0.189 e. The molecule has 7 heteroatoms. The van der Waals surface area contributed by atoms with E-state index in [1.54, 1.807) is 6.07 Å². The van der Waals surface area contributed by atoms with Crippen molar-refractivity contribution in [3.63, 3.8) is 0 Å². The third-order valence-electron chi connectivity index (χ3n) is 4.01. The van der Waals surface area contributed by atoms with Gasteiger partial charge in [-0.2, -0.15) is 0 Å². The molecule has 2 bridgehead atoms. The molecule has 3 unspecified atom stereocenters. The van der Waals surface area contributed by atoms with Gasteiger partial charge in [-0.25, -0.2) is 0 Å².